The second-order valence-electron chi connectivity index (χ2n) is 9.05. The molecule has 0 unspecified atom stereocenters. The lowest BCUT2D eigenvalue weighted by molar-refractivity contribution is -0.126. The van der Waals surface area contributed by atoms with E-state index in [1.54, 1.807) is 13.0 Å². The van der Waals surface area contributed by atoms with Gasteiger partial charge in [-0.3, -0.25) is 4.79 Å². The smallest absolute Gasteiger partial charge is 0.244 e. The van der Waals surface area contributed by atoms with Crippen LogP contribution in [-0.2, 0) is 21.4 Å². The Kier molecular flexibility index (Phi) is 7.20. The fourth-order valence-electron chi connectivity index (χ4n) is 4.07. The lowest BCUT2D eigenvalue weighted by Gasteiger charge is -2.31. The summed E-state index contributed by atoms with van der Waals surface area (Å²) < 4.78 is 33.7. The van der Waals surface area contributed by atoms with Crippen molar-refractivity contribution in [2.24, 2.45) is 5.92 Å². The molecule has 34 heavy (non-hydrogen) atoms. The third-order valence-corrected chi connectivity index (χ3v) is 9.12. The molecule has 3 aromatic rings. The number of aromatic nitrogens is 2. The molecule has 1 aliphatic heterocycles. The second-order valence-corrected chi connectivity index (χ2v) is 12.2. The lowest BCUT2D eigenvalue weighted by Crippen LogP contribution is -2.45. The van der Waals surface area contributed by atoms with Gasteiger partial charge in [-0.1, -0.05) is 48.8 Å². The molecule has 3 heterocycles. The van der Waals surface area contributed by atoms with Gasteiger partial charge in [-0.15, -0.1) is 11.3 Å². The second kappa shape index (κ2) is 9.97. The minimum atomic E-state index is -3.75. The number of hydrogen-bond acceptors (Lipinski definition) is 7. The highest BCUT2D eigenvalue weighted by molar-refractivity contribution is 7.89. The first-order valence-corrected chi connectivity index (χ1v) is 13.7. The van der Waals surface area contributed by atoms with E-state index in [9.17, 15) is 13.2 Å². The number of carbonyl (C=O) groups excluding carboxylic acids is 1. The zero-order valence-electron chi connectivity index (χ0n) is 19.9. The predicted molar refractivity (Wildman–Crippen MR) is 131 cm³/mol. The van der Waals surface area contributed by atoms with Gasteiger partial charge in [0.15, 0.2) is 0 Å². The van der Waals surface area contributed by atoms with Crippen molar-refractivity contribution >= 4 is 27.3 Å². The molecule has 1 atom stereocenters. The largest absolute Gasteiger partial charge is 0.352 e. The Morgan fingerprint density at radius 3 is 2.79 bits per heavy atom. The van der Waals surface area contributed by atoms with Crippen LogP contribution < -0.4 is 5.32 Å². The van der Waals surface area contributed by atoms with Gasteiger partial charge in [0, 0.05) is 30.4 Å². The number of rotatable bonds is 7. The molecule has 1 fully saturated rings. The number of hydrogen-bond donors (Lipinski definition) is 1. The van der Waals surface area contributed by atoms with Crippen LogP contribution in [0, 0.1) is 19.8 Å². The first-order valence-electron chi connectivity index (χ1n) is 11.4. The molecular formula is C24H30N4O4S2. The molecule has 0 saturated carbocycles. The van der Waals surface area contributed by atoms with Gasteiger partial charge in [0.1, 0.15) is 0 Å². The zero-order chi connectivity index (χ0) is 24.5. The standard InChI is InChI=1S/C24H30N4O4S2/c1-15(2)24-26-22(27-32-24)20-12-21(17(4)33-20)34(30,31)28-10-6-9-19(14-28)23(29)25-13-18-8-5-7-16(3)11-18/h5,7-8,11-12,15,19H,6,9-10,13-14H2,1-4H3,(H,25,29)/t19-/m1/s1. The molecular weight excluding hydrogens is 472 g/mol. The number of amides is 1. The minimum Gasteiger partial charge on any atom is -0.352 e. The van der Waals surface area contributed by atoms with Crippen LogP contribution in [0.25, 0.3) is 10.7 Å². The van der Waals surface area contributed by atoms with Crippen LogP contribution in [0.1, 0.15) is 54.5 Å². The molecule has 1 N–H and O–H groups in total. The van der Waals surface area contributed by atoms with Crippen LogP contribution in [0.2, 0.25) is 0 Å². The Labute approximate surface area is 204 Å². The van der Waals surface area contributed by atoms with Gasteiger partial charge in [0.2, 0.25) is 27.6 Å². The molecule has 1 aromatic carbocycles. The van der Waals surface area contributed by atoms with E-state index in [0.29, 0.717) is 47.4 Å². The van der Waals surface area contributed by atoms with E-state index in [1.165, 1.54) is 15.6 Å². The zero-order valence-corrected chi connectivity index (χ0v) is 21.5. The van der Waals surface area contributed by atoms with Crippen molar-refractivity contribution in [3.05, 3.63) is 52.2 Å². The molecule has 0 aliphatic carbocycles. The van der Waals surface area contributed by atoms with Crippen LogP contribution in [0.15, 0.2) is 39.8 Å². The maximum Gasteiger partial charge on any atom is 0.244 e. The van der Waals surface area contributed by atoms with Crippen molar-refractivity contribution in [1.82, 2.24) is 19.8 Å². The highest BCUT2D eigenvalue weighted by Crippen LogP contribution is 2.35. The van der Waals surface area contributed by atoms with E-state index in [2.05, 4.69) is 15.5 Å². The van der Waals surface area contributed by atoms with Crippen molar-refractivity contribution < 1.29 is 17.7 Å². The molecule has 0 bridgehead atoms. The molecule has 4 rings (SSSR count). The number of nitrogens with one attached hydrogen (secondary N) is 1. The summed E-state index contributed by atoms with van der Waals surface area (Å²) in [7, 11) is -3.75. The third-order valence-electron chi connectivity index (χ3n) is 5.95. The van der Waals surface area contributed by atoms with Gasteiger partial charge in [-0.05, 0) is 38.3 Å². The van der Waals surface area contributed by atoms with Crippen molar-refractivity contribution in [2.45, 2.75) is 57.9 Å². The fraction of sp³-hybridized carbons (Fsp3) is 0.458. The number of sulfonamides is 1. The number of thiophene rings is 1. The number of benzene rings is 1. The van der Waals surface area contributed by atoms with E-state index in [-0.39, 0.29) is 29.2 Å². The Morgan fingerprint density at radius 2 is 2.09 bits per heavy atom. The minimum absolute atomic E-state index is 0.0906. The van der Waals surface area contributed by atoms with Crippen molar-refractivity contribution in [3.8, 4) is 10.7 Å². The van der Waals surface area contributed by atoms with Crippen LogP contribution in [0.5, 0.6) is 0 Å². The summed E-state index contributed by atoms with van der Waals surface area (Å²) in [6.45, 7) is 8.70. The molecule has 182 valence electrons. The number of carbonyl (C=O) groups is 1. The highest BCUT2D eigenvalue weighted by atomic mass is 32.2. The molecule has 10 heteroatoms. The molecule has 2 aromatic heterocycles. The van der Waals surface area contributed by atoms with E-state index >= 15 is 0 Å². The van der Waals surface area contributed by atoms with Crippen LogP contribution >= 0.6 is 11.3 Å². The number of piperidine rings is 1. The average molecular weight is 503 g/mol. The van der Waals surface area contributed by atoms with Crippen LogP contribution in [0.3, 0.4) is 0 Å². The molecule has 0 spiro atoms. The van der Waals surface area contributed by atoms with Crippen molar-refractivity contribution in [1.29, 1.82) is 0 Å². The van der Waals surface area contributed by atoms with Crippen molar-refractivity contribution in [2.75, 3.05) is 13.1 Å². The van der Waals surface area contributed by atoms with Gasteiger partial charge in [0.05, 0.1) is 15.7 Å². The molecule has 1 amide bonds. The van der Waals surface area contributed by atoms with Gasteiger partial charge < -0.3 is 9.84 Å². The summed E-state index contributed by atoms with van der Waals surface area (Å²) in [4.78, 5) is 18.8. The van der Waals surface area contributed by atoms with E-state index in [4.69, 9.17) is 4.52 Å². The van der Waals surface area contributed by atoms with Gasteiger partial charge in [-0.2, -0.15) is 9.29 Å². The first-order chi connectivity index (χ1) is 16.1. The average Bonchev–Trinajstić information content (AvgIpc) is 3.45. The summed E-state index contributed by atoms with van der Waals surface area (Å²) in [5.41, 5.74) is 2.16. The Morgan fingerprint density at radius 1 is 1.29 bits per heavy atom. The normalized spacial score (nSPS) is 17.3. The van der Waals surface area contributed by atoms with E-state index < -0.39 is 10.0 Å². The molecule has 8 nitrogen and oxygen atoms in total. The number of aryl methyl sites for hydroxylation is 2. The summed E-state index contributed by atoms with van der Waals surface area (Å²) >= 11 is 1.33. The van der Waals surface area contributed by atoms with Crippen LogP contribution in [0.4, 0.5) is 0 Å². The van der Waals surface area contributed by atoms with Gasteiger partial charge in [0.25, 0.3) is 0 Å². The number of nitrogens with zero attached hydrogens (tertiary/aromatic N) is 3. The Hall–Kier alpha value is -2.56. The summed E-state index contributed by atoms with van der Waals surface area (Å²) in [6, 6.07) is 9.58. The predicted octanol–water partition coefficient (Wildman–Crippen LogP) is 4.26. The Balaban J connectivity index is 1.46. The summed E-state index contributed by atoms with van der Waals surface area (Å²) in [5.74, 6) is 0.508. The monoisotopic (exact) mass is 502 g/mol. The van der Waals surface area contributed by atoms with Gasteiger partial charge in [-0.25, -0.2) is 8.42 Å². The summed E-state index contributed by atoms with van der Waals surface area (Å²) in [6.07, 6.45) is 1.31. The first kappa shape index (κ1) is 24.6. The fourth-order valence-corrected chi connectivity index (χ4v) is 7.08. The van der Waals surface area contributed by atoms with Crippen LogP contribution in [-0.4, -0.2) is 41.9 Å². The topological polar surface area (TPSA) is 105 Å². The maximum absolute atomic E-state index is 13.5. The molecule has 1 saturated heterocycles. The quantitative estimate of drug-likeness (QED) is 0.518. The van der Waals surface area contributed by atoms with E-state index in [0.717, 1.165) is 11.1 Å². The Bertz CT molecular complexity index is 1280. The SMILES string of the molecule is Cc1cccc(CNC(=O)[C@@H]2CCCN(S(=O)(=O)c3cc(-c4noc(C(C)C)n4)sc3C)C2)c1. The highest BCUT2D eigenvalue weighted by Gasteiger charge is 2.35. The lowest BCUT2D eigenvalue weighted by atomic mass is 9.98. The van der Waals surface area contributed by atoms with Gasteiger partial charge >= 0.3 is 0 Å². The molecule has 1 aliphatic rings. The summed E-state index contributed by atoms with van der Waals surface area (Å²) in [5, 5.41) is 6.98. The van der Waals surface area contributed by atoms with Crippen molar-refractivity contribution in [3.63, 3.8) is 0 Å². The molecule has 0 radical (unpaired) electrons. The third kappa shape index (κ3) is 5.24. The maximum atomic E-state index is 13.5. The van der Waals surface area contributed by atoms with E-state index in [1.807, 2.05) is 45.0 Å².